The summed E-state index contributed by atoms with van der Waals surface area (Å²) in [7, 11) is 1.64. The number of aliphatic imine (C=N–C) groups is 1. The fourth-order valence-corrected chi connectivity index (χ4v) is 2.20. The first kappa shape index (κ1) is 13.7. The molecular formula is C15H20N2O2. The van der Waals surface area contributed by atoms with Crippen molar-refractivity contribution in [2.24, 2.45) is 4.99 Å². The maximum absolute atomic E-state index is 12.3. The average Bonchev–Trinajstić information content (AvgIpc) is 2.59. The second-order valence-corrected chi connectivity index (χ2v) is 5.20. The maximum atomic E-state index is 12.3. The zero-order chi connectivity index (χ0) is 13.9. The van der Waals surface area contributed by atoms with Crippen molar-refractivity contribution in [1.29, 1.82) is 0 Å². The molecule has 19 heavy (non-hydrogen) atoms. The second kappa shape index (κ2) is 5.53. The summed E-state index contributed by atoms with van der Waals surface area (Å²) in [5.74, 6) is 0.883. The Morgan fingerprint density at radius 2 is 1.95 bits per heavy atom. The maximum Gasteiger partial charge on any atom is 0.255 e. The molecule has 0 saturated heterocycles. The van der Waals surface area contributed by atoms with Crippen LogP contribution in [0.15, 0.2) is 35.3 Å². The Kier molecular flexibility index (Phi) is 4.00. The van der Waals surface area contributed by atoms with E-state index in [0.29, 0.717) is 19.6 Å². The van der Waals surface area contributed by atoms with Crippen LogP contribution in [-0.4, -0.2) is 42.4 Å². The molecule has 0 fully saturated rings. The molecule has 1 aliphatic heterocycles. The van der Waals surface area contributed by atoms with E-state index in [4.69, 9.17) is 4.74 Å². The van der Waals surface area contributed by atoms with Crippen LogP contribution in [0.4, 0.5) is 0 Å². The molecule has 4 heteroatoms. The first-order chi connectivity index (χ1) is 9.04. The molecule has 0 saturated carbocycles. The van der Waals surface area contributed by atoms with Crippen LogP contribution in [-0.2, 0) is 16.0 Å². The summed E-state index contributed by atoms with van der Waals surface area (Å²) >= 11 is 0. The largest absolute Gasteiger partial charge is 0.383 e. The smallest absolute Gasteiger partial charge is 0.255 e. The van der Waals surface area contributed by atoms with Gasteiger partial charge >= 0.3 is 0 Å². The van der Waals surface area contributed by atoms with Crippen molar-refractivity contribution in [2.75, 3.05) is 20.3 Å². The third kappa shape index (κ3) is 3.01. The van der Waals surface area contributed by atoms with Crippen molar-refractivity contribution in [1.82, 2.24) is 4.90 Å². The number of rotatable bonds is 5. The van der Waals surface area contributed by atoms with Gasteiger partial charge in [-0.1, -0.05) is 30.3 Å². The molecule has 0 spiro atoms. The van der Waals surface area contributed by atoms with E-state index in [1.54, 1.807) is 12.0 Å². The normalized spacial score (nSPS) is 17.7. The number of amidine groups is 1. The summed E-state index contributed by atoms with van der Waals surface area (Å²) in [6.07, 6.45) is 0.680. The van der Waals surface area contributed by atoms with Crippen molar-refractivity contribution in [3.63, 3.8) is 0 Å². The molecule has 0 N–H and O–H groups in total. The summed E-state index contributed by atoms with van der Waals surface area (Å²) in [5.41, 5.74) is 0.506. The first-order valence-corrected chi connectivity index (χ1v) is 6.48. The number of hydrogen-bond acceptors (Lipinski definition) is 3. The van der Waals surface area contributed by atoms with E-state index < -0.39 is 5.54 Å². The minimum Gasteiger partial charge on any atom is -0.383 e. The molecule has 0 aromatic heterocycles. The van der Waals surface area contributed by atoms with E-state index in [0.717, 1.165) is 11.4 Å². The number of hydrogen-bond donors (Lipinski definition) is 0. The van der Waals surface area contributed by atoms with Crippen LogP contribution in [0.3, 0.4) is 0 Å². The molecule has 2 rings (SSSR count). The molecule has 0 atom stereocenters. The number of nitrogens with zero attached hydrogens (tertiary/aromatic N) is 2. The average molecular weight is 260 g/mol. The lowest BCUT2D eigenvalue weighted by Crippen LogP contribution is -2.41. The molecule has 1 aromatic rings. The van der Waals surface area contributed by atoms with Gasteiger partial charge in [-0.05, 0) is 19.4 Å². The summed E-state index contributed by atoms with van der Waals surface area (Å²) in [5, 5.41) is 0. The highest BCUT2D eigenvalue weighted by Crippen LogP contribution is 2.23. The van der Waals surface area contributed by atoms with Crippen molar-refractivity contribution in [3.8, 4) is 0 Å². The lowest BCUT2D eigenvalue weighted by atomic mass is 10.1. The lowest BCUT2D eigenvalue weighted by Gasteiger charge is -2.20. The minimum absolute atomic E-state index is 0.0514. The minimum atomic E-state index is -0.655. The third-order valence-corrected chi connectivity index (χ3v) is 3.21. The monoisotopic (exact) mass is 260 g/mol. The fourth-order valence-electron chi connectivity index (χ4n) is 2.20. The van der Waals surface area contributed by atoms with Gasteiger partial charge in [0, 0.05) is 13.5 Å². The zero-order valence-corrected chi connectivity index (χ0v) is 11.7. The number of carbonyl (C=O) groups excluding carboxylic acids is 1. The fraction of sp³-hybridized carbons (Fsp3) is 0.467. The van der Waals surface area contributed by atoms with Gasteiger partial charge in [-0.2, -0.15) is 0 Å². The molecule has 1 aromatic carbocycles. The molecule has 0 aliphatic carbocycles. The van der Waals surface area contributed by atoms with E-state index in [1.165, 1.54) is 0 Å². The zero-order valence-electron chi connectivity index (χ0n) is 11.7. The highest BCUT2D eigenvalue weighted by molar-refractivity contribution is 6.08. The first-order valence-electron chi connectivity index (χ1n) is 6.48. The van der Waals surface area contributed by atoms with Gasteiger partial charge in [0.15, 0.2) is 0 Å². The van der Waals surface area contributed by atoms with E-state index in [-0.39, 0.29) is 5.91 Å². The van der Waals surface area contributed by atoms with E-state index in [9.17, 15) is 4.79 Å². The molecule has 0 unspecified atom stereocenters. The lowest BCUT2D eigenvalue weighted by molar-refractivity contribution is -0.130. The molecule has 1 amide bonds. The predicted octanol–water partition coefficient (Wildman–Crippen LogP) is 1.89. The Labute approximate surface area is 114 Å². The standard InChI is InChI=1S/C15H20N2O2/c1-15(2)14(18)17(9-10-19-3)13(16-15)11-12-7-5-4-6-8-12/h4-8H,9-11H2,1-3H3. The van der Waals surface area contributed by atoms with Crippen molar-refractivity contribution in [2.45, 2.75) is 25.8 Å². The van der Waals surface area contributed by atoms with E-state index in [2.05, 4.69) is 4.99 Å². The van der Waals surface area contributed by atoms with Crippen molar-refractivity contribution in [3.05, 3.63) is 35.9 Å². The van der Waals surface area contributed by atoms with Gasteiger partial charge in [0.1, 0.15) is 11.4 Å². The summed E-state index contributed by atoms with van der Waals surface area (Å²) in [6, 6.07) is 10.1. The van der Waals surface area contributed by atoms with E-state index in [1.807, 2.05) is 44.2 Å². The SMILES string of the molecule is COCCN1C(=O)C(C)(C)N=C1Cc1ccccc1. The summed E-state index contributed by atoms with van der Waals surface area (Å²) < 4.78 is 5.07. The molecule has 102 valence electrons. The predicted molar refractivity (Wildman–Crippen MR) is 75.2 cm³/mol. The Morgan fingerprint density at radius 1 is 1.26 bits per heavy atom. The van der Waals surface area contributed by atoms with Gasteiger partial charge in [0.25, 0.3) is 5.91 Å². The number of methoxy groups -OCH3 is 1. The van der Waals surface area contributed by atoms with E-state index >= 15 is 0 Å². The van der Waals surface area contributed by atoms with Crippen LogP contribution >= 0.6 is 0 Å². The third-order valence-electron chi connectivity index (χ3n) is 3.21. The van der Waals surface area contributed by atoms with Gasteiger partial charge < -0.3 is 4.74 Å². The Balaban J connectivity index is 2.18. The Bertz CT molecular complexity index is 480. The van der Waals surface area contributed by atoms with Crippen LogP contribution in [0.2, 0.25) is 0 Å². The van der Waals surface area contributed by atoms with Gasteiger partial charge in [-0.3, -0.25) is 14.7 Å². The quantitative estimate of drug-likeness (QED) is 0.811. The molecule has 0 bridgehead atoms. The molecule has 4 nitrogen and oxygen atoms in total. The second-order valence-electron chi connectivity index (χ2n) is 5.20. The Morgan fingerprint density at radius 3 is 2.58 bits per heavy atom. The number of amides is 1. The van der Waals surface area contributed by atoms with Crippen LogP contribution in [0.5, 0.6) is 0 Å². The molecular weight excluding hydrogens is 240 g/mol. The number of benzene rings is 1. The summed E-state index contributed by atoms with van der Waals surface area (Å²) in [4.78, 5) is 18.6. The van der Waals surface area contributed by atoms with Crippen LogP contribution in [0.25, 0.3) is 0 Å². The van der Waals surface area contributed by atoms with Gasteiger partial charge in [-0.25, -0.2) is 0 Å². The Hall–Kier alpha value is -1.68. The van der Waals surface area contributed by atoms with Crippen LogP contribution in [0, 0.1) is 0 Å². The molecule has 1 heterocycles. The van der Waals surface area contributed by atoms with Crippen LogP contribution in [0.1, 0.15) is 19.4 Å². The van der Waals surface area contributed by atoms with Gasteiger partial charge in [0.2, 0.25) is 0 Å². The van der Waals surface area contributed by atoms with Gasteiger partial charge in [-0.15, -0.1) is 0 Å². The highest BCUT2D eigenvalue weighted by Gasteiger charge is 2.40. The van der Waals surface area contributed by atoms with Crippen molar-refractivity contribution < 1.29 is 9.53 Å². The van der Waals surface area contributed by atoms with Crippen molar-refractivity contribution >= 4 is 11.7 Å². The topological polar surface area (TPSA) is 41.9 Å². The summed E-state index contributed by atoms with van der Waals surface area (Å²) in [6.45, 7) is 4.79. The number of carbonyl (C=O) groups is 1. The molecule has 1 aliphatic rings. The van der Waals surface area contributed by atoms with Gasteiger partial charge in [0.05, 0.1) is 13.2 Å². The van der Waals surface area contributed by atoms with Crippen LogP contribution < -0.4 is 0 Å². The molecule has 0 radical (unpaired) electrons. The number of ether oxygens (including phenoxy) is 1. The highest BCUT2D eigenvalue weighted by atomic mass is 16.5.